The van der Waals surface area contributed by atoms with Crippen LogP contribution in [0.4, 0.5) is 0 Å². The molecule has 0 bridgehead atoms. The molecule has 0 saturated carbocycles. The van der Waals surface area contributed by atoms with Crippen molar-refractivity contribution in [3.05, 3.63) is 35.4 Å². The van der Waals surface area contributed by atoms with E-state index >= 15 is 0 Å². The number of hydrogen-bond donors (Lipinski definition) is 1. The number of carbonyl (C=O) groups is 1. The van der Waals surface area contributed by atoms with Crippen LogP contribution in [0, 0.1) is 0 Å². The van der Waals surface area contributed by atoms with E-state index in [-0.39, 0.29) is 11.8 Å². The maximum atomic E-state index is 12.2. The molecule has 1 atom stereocenters. The van der Waals surface area contributed by atoms with Gasteiger partial charge in [-0.1, -0.05) is 24.3 Å². The number of nitrogens with two attached hydrogens (primary N) is 1. The van der Waals surface area contributed by atoms with Crippen molar-refractivity contribution in [1.29, 1.82) is 0 Å². The maximum Gasteiger partial charge on any atom is 0.230 e. The third-order valence-electron chi connectivity index (χ3n) is 3.36. The van der Waals surface area contributed by atoms with Crippen molar-refractivity contribution in [1.82, 2.24) is 4.90 Å². The highest BCUT2D eigenvalue weighted by molar-refractivity contribution is 5.86. The summed E-state index contributed by atoms with van der Waals surface area (Å²) in [5.41, 5.74) is 7.80. The van der Waals surface area contributed by atoms with E-state index in [1.54, 1.807) is 4.90 Å². The van der Waals surface area contributed by atoms with E-state index in [4.69, 9.17) is 10.5 Å². The highest BCUT2D eigenvalue weighted by Crippen LogP contribution is 2.35. The Morgan fingerprint density at radius 1 is 1.44 bits per heavy atom. The van der Waals surface area contributed by atoms with Gasteiger partial charge in [-0.05, 0) is 17.5 Å². The van der Waals surface area contributed by atoms with Crippen LogP contribution in [-0.2, 0) is 16.0 Å². The van der Waals surface area contributed by atoms with Gasteiger partial charge in [0.2, 0.25) is 5.91 Å². The van der Waals surface area contributed by atoms with Gasteiger partial charge < -0.3 is 15.4 Å². The van der Waals surface area contributed by atoms with Gasteiger partial charge in [0, 0.05) is 20.1 Å². The zero-order valence-corrected chi connectivity index (χ0v) is 10.8. The average Bonchev–Trinajstić information content (AvgIpc) is 2.35. The Morgan fingerprint density at radius 3 is 2.94 bits per heavy atom. The molecule has 1 aliphatic rings. The highest BCUT2D eigenvalue weighted by atomic mass is 16.5. The Kier molecular flexibility index (Phi) is 4.33. The normalized spacial score (nSPS) is 16.9. The molecule has 0 saturated heterocycles. The van der Waals surface area contributed by atoms with Crippen LogP contribution in [0.3, 0.4) is 0 Å². The van der Waals surface area contributed by atoms with Gasteiger partial charge in [0.15, 0.2) is 0 Å². The van der Waals surface area contributed by atoms with Crippen LogP contribution in [0.15, 0.2) is 24.3 Å². The summed E-state index contributed by atoms with van der Waals surface area (Å²) in [7, 11) is 1.83. The van der Waals surface area contributed by atoms with E-state index in [0.717, 1.165) is 6.42 Å². The van der Waals surface area contributed by atoms with Gasteiger partial charge >= 0.3 is 0 Å². The van der Waals surface area contributed by atoms with Crippen LogP contribution >= 0.6 is 0 Å². The first kappa shape index (κ1) is 13.1. The fourth-order valence-electron chi connectivity index (χ4n) is 2.24. The summed E-state index contributed by atoms with van der Waals surface area (Å²) in [6.45, 7) is 2.24. The van der Waals surface area contributed by atoms with Gasteiger partial charge in [-0.15, -0.1) is 0 Å². The molecule has 0 aliphatic heterocycles. The molecule has 4 nitrogen and oxygen atoms in total. The molecule has 1 unspecified atom stereocenters. The summed E-state index contributed by atoms with van der Waals surface area (Å²) in [5.74, 6) is 0.228. The number of rotatable bonds is 6. The van der Waals surface area contributed by atoms with Gasteiger partial charge in [-0.3, -0.25) is 4.79 Å². The lowest BCUT2D eigenvalue weighted by molar-refractivity contribution is -0.132. The molecule has 0 radical (unpaired) electrons. The molecule has 0 fully saturated rings. The number of nitrogens with zero attached hydrogens (tertiary/aromatic N) is 1. The smallest absolute Gasteiger partial charge is 0.230 e. The van der Waals surface area contributed by atoms with Crippen LogP contribution in [0.2, 0.25) is 0 Å². The van der Waals surface area contributed by atoms with E-state index < -0.39 is 0 Å². The second-order valence-corrected chi connectivity index (χ2v) is 4.62. The van der Waals surface area contributed by atoms with Gasteiger partial charge in [-0.25, -0.2) is 0 Å². The Balaban J connectivity index is 1.82. The molecule has 2 N–H and O–H groups in total. The molecule has 18 heavy (non-hydrogen) atoms. The van der Waals surface area contributed by atoms with E-state index in [1.165, 1.54) is 11.1 Å². The van der Waals surface area contributed by atoms with Gasteiger partial charge in [0.1, 0.15) is 0 Å². The minimum absolute atomic E-state index is 0.0423. The zero-order valence-electron chi connectivity index (χ0n) is 10.8. The molecule has 4 heteroatoms. The minimum Gasteiger partial charge on any atom is -0.378 e. The SMILES string of the molecule is CN(CCOCCN)C(=O)C1Cc2ccccc21. The molecule has 1 amide bonds. The third-order valence-corrected chi connectivity index (χ3v) is 3.36. The number of amides is 1. The van der Waals surface area contributed by atoms with Gasteiger partial charge in [0.25, 0.3) is 0 Å². The molecule has 1 aliphatic carbocycles. The van der Waals surface area contributed by atoms with E-state index in [1.807, 2.05) is 25.2 Å². The average molecular weight is 248 g/mol. The van der Waals surface area contributed by atoms with Crippen LogP contribution < -0.4 is 5.73 Å². The number of carbonyl (C=O) groups excluding carboxylic acids is 1. The molecule has 1 aromatic rings. The van der Waals surface area contributed by atoms with Crippen LogP contribution in [0.1, 0.15) is 17.0 Å². The molecule has 0 spiro atoms. The summed E-state index contributed by atoms with van der Waals surface area (Å²) in [6.07, 6.45) is 0.864. The first-order chi connectivity index (χ1) is 8.74. The first-order valence-corrected chi connectivity index (χ1v) is 6.34. The number of hydrogen-bond acceptors (Lipinski definition) is 3. The largest absolute Gasteiger partial charge is 0.378 e. The molecular formula is C14H20N2O2. The predicted molar refractivity (Wildman–Crippen MR) is 70.4 cm³/mol. The Hall–Kier alpha value is -1.39. The second kappa shape index (κ2) is 5.98. The van der Waals surface area contributed by atoms with Crippen molar-refractivity contribution in [3.63, 3.8) is 0 Å². The van der Waals surface area contributed by atoms with E-state index in [0.29, 0.717) is 26.3 Å². The lowest BCUT2D eigenvalue weighted by atomic mass is 9.77. The van der Waals surface area contributed by atoms with Gasteiger partial charge in [-0.2, -0.15) is 0 Å². The zero-order chi connectivity index (χ0) is 13.0. The summed E-state index contributed by atoms with van der Waals surface area (Å²) in [4.78, 5) is 13.9. The lowest BCUT2D eigenvalue weighted by Crippen LogP contribution is -2.38. The monoisotopic (exact) mass is 248 g/mol. The highest BCUT2D eigenvalue weighted by Gasteiger charge is 2.33. The standard InChI is InChI=1S/C14H20N2O2/c1-16(7-9-18-8-6-15)14(17)13-10-11-4-2-3-5-12(11)13/h2-5,13H,6-10,15H2,1H3. The third kappa shape index (κ3) is 2.71. The van der Waals surface area contributed by atoms with E-state index in [9.17, 15) is 4.79 Å². The number of benzene rings is 1. The van der Waals surface area contributed by atoms with Gasteiger partial charge in [0.05, 0.1) is 19.1 Å². The fourth-order valence-corrected chi connectivity index (χ4v) is 2.24. The molecule has 0 aromatic heterocycles. The molecule has 98 valence electrons. The number of ether oxygens (including phenoxy) is 1. The van der Waals surface area contributed by atoms with Crippen molar-refractivity contribution < 1.29 is 9.53 Å². The quantitative estimate of drug-likeness (QED) is 0.756. The molecule has 2 rings (SSSR count). The van der Waals surface area contributed by atoms with Crippen LogP contribution in [-0.4, -0.2) is 44.2 Å². The Bertz CT molecular complexity index is 420. The first-order valence-electron chi connectivity index (χ1n) is 6.34. The summed E-state index contributed by atoms with van der Waals surface area (Å²) < 4.78 is 5.29. The lowest BCUT2D eigenvalue weighted by Gasteiger charge is -2.32. The van der Waals surface area contributed by atoms with Crippen molar-refractivity contribution in [2.75, 3.05) is 33.4 Å². The van der Waals surface area contributed by atoms with Crippen LogP contribution in [0.5, 0.6) is 0 Å². The second-order valence-electron chi connectivity index (χ2n) is 4.62. The summed E-state index contributed by atoms with van der Waals surface area (Å²) in [6, 6.07) is 8.14. The maximum absolute atomic E-state index is 12.2. The summed E-state index contributed by atoms with van der Waals surface area (Å²) >= 11 is 0. The summed E-state index contributed by atoms with van der Waals surface area (Å²) in [5, 5.41) is 0. The van der Waals surface area contributed by atoms with Crippen molar-refractivity contribution >= 4 is 5.91 Å². The minimum atomic E-state index is 0.0423. The Labute approximate surface area is 108 Å². The van der Waals surface area contributed by atoms with Crippen molar-refractivity contribution in [2.45, 2.75) is 12.3 Å². The molecular weight excluding hydrogens is 228 g/mol. The van der Waals surface area contributed by atoms with Crippen molar-refractivity contribution in [3.8, 4) is 0 Å². The number of fused-ring (bicyclic) bond motifs is 1. The van der Waals surface area contributed by atoms with Crippen molar-refractivity contribution in [2.24, 2.45) is 5.73 Å². The molecule has 0 heterocycles. The Morgan fingerprint density at radius 2 is 2.22 bits per heavy atom. The van der Waals surface area contributed by atoms with E-state index in [2.05, 4.69) is 6.07 Å². The topological polar surface area (TPSA) is 55.6 Å². The molecule has 1 aromatic carbocycles. The predicted octanol–water partition coefficient (Wildman–Crippen LogP) is 0.760. The van der Waals surface area contributed by atoms with Crippen LogP contribution in [0.25, 0.3) is 0 Å². The number of likely N-dealkylation sites (N-methyl/N-ethyl adjacent to an activating group) is 1. The fraction of sp³-hybridized carbons (Fsp3) is 0.500.